The van der Waals surface area contributed by atoms with Crippen LogP contribution in [0, 0.1) is 5.92 Å². The molecule has 25 heavy (non-hydrogen) atoms. The maximum atomic E-state index is 10.2. The summed E-state index contributed by atoms with van der Waals surface area (Å²) >= 11 is 0. The first kappa shape index (κ1) is 20.5. The summed E-state index contributed by atoms with van der Waals surface area (Å²) in [6, 6.07) is 8.65. The first-order valence-electron chi connectivity index (χ1n) is 9.79. The molecule has 0 radical (unpaired) electrons. The molecule has 0 aliphatic heterocycles. The maximum Gasteiger partial charge on any atom is 0.309 e. The van der Waals surface area contributed by atoms with Crippen LogP contribution in [0.3, 0.4) is 0 Å². The van der Waals surface area contributed by atoms with Crippen molar-refractivity contribution in [3.05, 3.63) is 29.8 Å². The summed E-state index contributed by atoms with van der Waals surface area (Å²) in [4.78, 5) is 0. The Bertz CT molecular complexity index is 519. The van der Waals surface area contributed by atoms with Crippen molar-refractivity contribution in [1.82, 2.24) is 0 Å². The molecule has 140 valence electrons. The van der Waals surface area contributed by atoms with Gasteiger partial charge in [0.15, 0.2) is 0 Å². The molecular formula is C21H35BO3. The Morgan fingerprint density at radius 3 is 2.36 bits per heavy atom. The van der Waals surface area contributed by atoms with E-state index in [4.69, 9.17) is 4.65 Å². The number of hydrogen-bond acceptors (Lipinski definition) is 3. The Balaban J connectivity index is 1.80. The molecule has 4 heteroatoms. The van der Waals surface area contributed by atoms with E-state index in [1.54, 1.807) is 13.8 Å². The molecule has 1 unspecified atom stereocenters. The summed E-state index contributed by atoms with van der Waals surface area (Å²) < 4.78 is 5.93. The summed E-state index contributed by atoms with van der Waals surface area (Å²) in [5.41, 5.74) is 1.04. The number of rotatable bonds is 7. The van der Waals surface area contributed by atoms with Crippen molar-refractivity contribution in [3.63, 3.8) is 0 Å². The van der Waals surface area contributed by atoms with E-state index >= 15 is 0 Å². The van der Waals surface area contributed by atoms with Gasteiger partial charge in [0.25, 0.3) is 0 Å². The zero-order valence-corrected chi connectivity index (χ0v) is 16.4. The van der Waals surface area contributed by atoms with Crippen LogP contribution in [0.15, 0.2) is 24.3 Å². The van der Waals surface area contributed by atoms with Crippen molar-refractivity contribution in [1.29, 1.82) is 0 Å². The molecule has 1 saturated carbocycles. The number of benzene rings is 1. The Morgan fingerprint density at radius 2 is 1.72 bits per heavy atom. The highest BCUT2D eigenvalue weighted by Crippen LogP contribution is 2.27. The van der Waals surface area contributed by atoms with E-state index in [-0.39, 0.29) is 6.10 Å². The van der Waals surface area contributed by atoms with E-state index in [9.17, 15) is 10.2 Å². The molecule has 1 aliphatic rings. The van der Waals surface area contributed by atoms with Crippen LogP contribution >= 0.6 is 0 Å². The zero-order chi connectivity index (χ0) is 18.5. The van der Waals surface area contributed by atoms with Gasteiger partial charge in [-0.25, -0.2) is 0 Å². The van der Waals surface area contributed by atoms with Crippen molar-refractivity contribution in [3.8, 4) is 0 Å². The van der Waals surface area contributed by atoms with E-state index in [1.807, 2.05) is 13.8 Å². The van der Waals surface area contributed by atoms with Gasteiger partial charge >= 0.3 is 7.48 Å². The smallest absolute Gasteiger partial charge is 0.309 e. The first-order valence-corrected chi connectivity index (χ1v) is 9.79. The van der Waals surface area contributed by atoms with E-state index < -0.39 is 11.2 Å². The second-order valence-corrected chi connectivity index (χ2v) is 8.74. The Hall–Kier alpha value is -0.835. The average Bonchev–Trinajstić information content (AvgIpc) is 2.75. The van der Waals surface area contributed by atoms with Crippen molar-refractivity contribution < 1.29 is 14.9 Å². The van der Waals surface area contributed by atoms with Gasteiger partial charge in [0.05, 0.1) is 17.3 Å². The van der Waals surface area contributed by atoms with Gasteiger partial charge < -0.3 is 14.9 Å². The predicted octanol–water partition coefficient (Wildman–Crippen LogP) is 3.10. The topological polar surface area (TPSA) is 49.7 Å². The summed E-state index contributed by atoms with van der Waals surface area (Å²) in [6.45, 7) is 7.40. The number of aryl methyl sites for hydroxylation is 1. The number of hydrogen-bond donors (Lipinski definition) is 2. The molecule has 1 aliphatic carbocycles. The fourth-order valence-electron chi connectivity index (χ4n) is 3.26. The average molecular weight is 346 g/mol. The molecule has 2 rings (SSSR count). The van der Waals surface area contributed by atoms with Crippen LogP contribution in [0.5, 0.6) is 0 Å². The van der Waals surface area contributed by atoms with Gasteiger partial charge in [0.1, 0.15) is 0 Å². The molecule has 0 aromatic heterocycles. The Labute approximate surface area is 154 Å². The van der Waals surface area contributed by atoms with Gasteiger partial charge in [-0.15, -0.1) is 0 Å². The molecule has 2 N–H and O–H groups in total. The van der Waals surface area contributed by atoms with Crippen LogP contribution in [0.1, 0.15) is 71.8 Å². The second-order valence-electron chi connectivity index (χ2n) is 8.74. The largest absolute Gasteiger partial charge is 0.427 e. The van der Waals surface area contributed by atoms with Crippen LogP contribution in [0.25, 0.3) is 0 Å². The summed E-state index contributed by atoms with van der Waals surface area (Å²) in [5.74, 6) is 0.757. The van der Waals surface area contributed by atoms with Crippen LogP contribution in [-0.4, -0.2) is 35.0 Å². The Kier molecular flexibility index (Phi) is 7.13. The monoisotopic (exact) mass is 346 g/mol. The molecule has 1 aromatic carbocycles. The molecule has 3 nitrogen and oxygen atoms in total. The lowest BCUT2D eigenvalue weighted by Gasteiger charge is -2.37. The third-order valence-electron chi connectivity index (χ3n) is 6.00. The minimum Gasteiger partial charge on any atom is -0.427 e. The summed E-state index contributed by atoms with van der Waals surface area (Å²) in [5, 5.41) is 19.9. The first-order chi connectivity index (χ1) is 11.7. The van der Waals surface area contributed by atoms with Gasteiger partial charge in [0, 0.05) is 0 Å². The van der Waals surface area contributed by atoms with Crippen LogP contribution < -0.4 is 5.46 Å². The molecule has 0 amide bonds. The van der Waals surface area contributed by atoms with E-state index in [0.717, 1.165) is 30.6 Å². The lowest BCUT2D eigenvalue weighted by molar-refractivity contribution is -0.0893. The highest BCUT2D eigenvalue weighted by molar-refractivity contribution is 6.47. The third-order valence-corrected chi connectivity index (χ3v) is 6.00. The van der Waals surface area contributed by atoms with E-state index in [2.05, 4.69) is 24.3 Å². The predicted molar refractivity (Wildman–Crippen MR) is 106 cm³/mol. The highest BCUT2D eigenvalue weighted by atomic mass is 16.5. The van der Waals surface area contributed by atoms with Crippen molar-refractivity contribution in [2.75, 3.05) is 0 Å². The molecule has 0 heterocycles. The van der Waals surface area contributed by atoms with Gasteiger partial charge in [-0.3, -0.25) is 0 Å². The van der Waals surface area contributed by atoms with Gasteiger partial charge in [-0.2, -0.15) is 0 Å². The van der Waals surface area contributed by atoms with Crippen LogP contribution in [0.2, 0.25) is 0 Å². The molecule has 1 fully saturated rings. The van der Waals surface area contributed by atoms with Crippen molar-refractivity contribution in [2.45, 2.75) is 89.9 Å². The van der Waals surface area contributed by atoms with E-state index in [0.29, 0.717) is 7.48 Å². The number of aliphatic hydroxyl groups is 2. The maximum absolute atomic E-state index is 10.2. The third kappa shape index (κ3) is 6.43. The molecule has 0 bridgehead atoms. The Morgan fingerprint density at radius 1 is 1.04 bits per heavy atom. The fraction of sp³-hybridized carbons (Fsp3) is 0.714. The molecule has 0 saturated heterocycles. The minimum atomic E-state index is -0.876. The number of aliphatic hydroxyl groups excluding tert-OH is 1. The van der Waals surface area contributed by atoms with Crippen LogP contribution in [0.4, 0.5) is 0 Å². The quantitative estimate of drug-likeness (QED) is 0.589. The minimum absolute atomic E-state index is 0.0718. The zero-order valence-electron chi connectivity index (χ0n) is 16.4. The lowest BCUT2D eigenvalue weighted by Crippen LogP contribution is -2.49. The summed E-state index contributed by atoms with van der Waals surface area (Å²) in [6.07, 6.45) is 7.79. The normalized spacial score (nSPS) is 22.5. The molecular weight excluding hydrogens is 311 g/mol. The standard InChI is InChI=1S/C21H35BO3/c1-20(2,24)21(3,4)25-22-18-13-10-17(11-14-18)9-8-16-6-5-7-19(23)15-12-16/h10-11,13-14,16,19,22-24H,5-9,12,15H2,1-4H3/t16-,19?/m1/s1. The van der Waals surface area contributed by atoms with Gasteiger partial charge in [-0.05, 0) is 71.3 Å². The highest BCUT2D eigenvalue weighted by Gasteiger charge is 2.35. The molecule has 2 atom stereocenters. The van der Waals surface area contributed by atoms with Crippen molar-refractivity contribution in [2.24, 2.45) is 5.92 Å². The van der Waals surface area contributed by atoms with Gasteiger partial charge in [-0.1, -0.05) is 42.6 Å². The van der Waals surface area contributed by atoms with Crippen LogP contribution in [-0.2, 0) is 11.1 Å². The molecule has 1 aromatic rings. The van der Waals surface area contributed by atoms with Gasteiger partial charge in [0.2, 0.25) is 0 Å². The lowest BCUT2D eigenvalue weighted by atomic mass is 9.82. The fourth-order valence-corrected chi connectivity index (χ4v) is 3.26. The molecule has 0 spiro atoms. The second kappa shape index (κ2) is 8.70. The van der Waals surface area contributed by atoms with Crippen molar-refractivity contribution >= 4 is 12.9 Å². The summed E-state index contributed by atoms with van der Waals surface area (Å²) in [7, 11) is 0.512. The van der Waals surface area contributed by atoms with E-state index in [1.165, 1.54) is 31.2 Å². The SMILES string of the molecule is CC(C)(O)C(C)(C)OBc1ccc(CC[C@H]2CCCC(O)CC2)cc1.